The van der Waals surface area contributed by atoms with E-state index in [-0.39, 0.29) is 6.10 Å². The first-order valence-corrected chi connectivity index (χ1v) is 6.22. The molecule has 1 aliphatic rings. The van der Waals surface area contributed by atoms with Gasteiger partial charge in [0.15, 0.2) is 11.6 Å². The molecular formula is C13H18F2N2O. The van der Waals surface area contributed by atoms with Crippen LogP contribution in [0.5, 0.6) is 0 Å². The van der Waals surface area contributed by atoms with E-state index < -0.39 is 11.6 Å². The van der Waals surface area contributed by atoms with Crippen LogP contribution in [0, 0.1) is 11.6 Å². The second kappa shape index (κ2) is 6.11. The van der Waals surface area contributed by atoms with Crippen LogP contribution in [0.25, 0.3) is 0 Å². The van der Waals surface area contributed by atoms with Crippen LogP contribution in [0.1, 0.15) is 6.92 Å². The summed E-state index contributed by atoms with van der Waals surface area (Å²) in [4.78, 5) is 2.31. The third-order valence-corrected chi connectivity index (χ3v) is 3.12. The minimum absolute atomic E-state index is 0.0896. The van der Waals surface area contributed by atoms with E-state index in [1.54, 1.807) is 0 Å². The summed E-state index contributed by atoms with van der Waals surface area (Å²) in [6.45, 7) is 6.26. The first kappa shape index (κ1) is 13.2. The molecule has 2 rings (SSSR count). The number of benzene rings is 1. The Morgan fingerprint density at radius 1 is 1.39 bits per heavy atom. The van der Waals surface area contributed by atoms with Gasteiger partial charge in [0, 0.05) is 31.4 Å². The van der Waals surface area contributed by atoms with E-state index in [9.17, 15) is 8.78 Å². The Hall–Kier alpha value is -1.20. The van der Waals surface area contributed by atoms with Gasteiger partial charge >= 0.3 is 0 Å². The molecule has 5 heteroatoms. The summed E-state index contributed by atoms with van der Waals surface area (Å²) in [6.07, 6.45) is 0.0896. The maximum absolute atomic E-state index is 13.0. The summed E-state index contributed by atoms with van der Waals surface area (Å²) in [5.74, 6) is -1.66. The zero-order valence-electron chi connectivity index (χ0n) is 10.5. The van der Waals surface area contributed by atoms with E-state index in [4.69, 9.17) is 4.74 Å². The lowest BCUT2D eigenvalue weighted by atomic mass is 10.2. The molecule has 100 valence electrons. The molecular weight excluding hydrogens is 238 g/mol. The fourth-order valence-corrected chi connectivity index (χ4v) is 2.03. The molecule has 1 fully saturated rings. The van der Waals surface area contributed by atoms with Gasteiger partial charge in [-0.25, -0.2) is 8.78 Å². The van der Waals surface area contributed by atoms with Gasteiger partial charge in [0.1, 0.15) is 0 Å². The fourth-order valence-electron chi connectivity index (χ4n) is 2.03. The molecule has 1 unspecified atom stereocenters. The SMILES string of the molecule is CCN1CCOC(CNc2ccc(F)c(F)c2)C1. The molecule has 1 saturated heterocycles. The molecule has 0 bridgehead atoms. The summed E-state index contributed by atoms with van der Waals surface area (Å²) in [5, 5.41) is 3.07. The topological polar surface area (TPSA) is 24.5 Å². The molecule has 1 aromatic rings. The summed E-state index contributed by atoms with van der Waals surface area (Å²) < 4.78 is 31.4. The normalized spacial score (nSPS) is 20.9. The molecule has 1 N–H and O–H groups in total. The molecule has 0 radical (unpaired) electrons. The fraction of sp³-hybridized carbons (Fsp3) is 0.538. The number of hydrogen-bond donors (Lipinski definition) is 1. The van der Waals surface area contributed by atoms with Gasteiger partial charge in [-0.1, -0.05) is 6.92 Å². The minimum atomic E-state index is -0.834. The van der Waals surface area contributed by atoms with Crippen LogP contribution in [-0.2, 0) is 4.74 Å². The molecule has 0 aliphatic carbocycles. The average Bonchev–Trinajstić information content (AvgIpc) is 2.40. The highest BCUT2D eigenvalue weighted by Crippen LogP contribution is 2.14. The van der Waals surface area contributed by atoms with Crippen molar-refractivity contribution >= 4 is 5.69 Å². The van der Waals surface area contributed by atoms with Gasteiger partial charge in [-0.15, -0.1) is 0 Å². The highest BCUT2D eigenvalue weighted by Gasteiger charge is 2.18. The van der Waals surface area contributed by atoms with Crippen LogP contribution in [-0.4, -0.2) is 43.8 Å². The Bertz CT molecular complexity index is 401. The summed E-state index contributed by atoms with van der Waals surface area (Å²) in [5.41, 5.74) is 0.575. The lowest BCUT2D eigenvalue weighted by Crippen LogP contribution is -2.45. The second-order valence-corrected chi connectivity index (χ2v) is 4.40. The van der Waals surface area contributed by atoms with Crippen molar-refractivity contribution in [2.45, 2.75) is 13.0 Å². The van der Waals surface area contributed by atoms with E-state index in [0.717, 1.165) is 38.4 Å². The summed E-state index contributed by atoms with van der Waals surface area (Å²) in [7, 11) is 0. The average molecular weight is 256 g/mol. The Labute approximate surface area is 106 Å². The van der Waals surface area contributed by atoms with Crippen molar-refractivity contribution in [2.75, 3.05) is 38.1 Å². The predicted octanol–water partition coefficient (Wildman–Crippen LogP) is 2.10. The van der Waals surface area contributed by atoms with Crippen LogP contribution >= 0.6 is 0 Å². The van der Waals surface area contributed by atoms with E-state index in [2.05, 4.69) is 17.1 Å². The molecule has 0 amide bonds. The van der Waals surface area contributed by atoms with Crippen molar-refractivity contribution in [3.8, 4) is 0 Å². The second-order valence-electron chi connectivity index (χ2n) is 4.40. The maximum atomic E-state index is 13.0. The zero-order valence-corrected chi connectivity index (χ0v) is 10.5. The summed E-state index contributed by atoms with van der Waals surface area (Å²) in [6, 6.07) is 3.81. The predicted molar refractivity (Wildman–Crippen MR) is 66.7 cm³/mol. The minimum Gasteiger partial charge on any atom is -0.382 e. The van der Waals surface area contributed by atoms with Crippen LogP contribution < -0.4 is 5.32 Å². The first-order chi connectivity index (χ1) is 8.69. The molecule has 0 saturated carbocycles. The molecule has 1 aliphatic heterocycles. The van der Waals surface area contributed by atoms with Gasteiger partial charge in [0.2, 0.25) is 0 Å². The van der Waals surface area contributed by atoms with E-state index in [1.807, 2.05) is 0 Å². The van der Waals surface area contributed by atoms with Gasteiger partial charge < -0.3 is 10.1 Å². The lowest BCUT2D eigenvalue weighted by molar-refractivity contribution is -0.0191. The van der Waals surface area contributed by atoms with E-state index >= 15 is 0 Å². The zero-order chi connectivity index (χ0) is 13.0. The number of anilines is 1. The quantitative estimate of drug-likeness (QED) is 0.893. The van der Waals surface area contributed by atoms with Crippen LogP contribution in [0.4, 0.5) is 14.5 Å². The smallest absolute Gasteiger partial charge is 0.160 e. The van der Waals surface area contributed by atoms with Crippen molar-refractivity contribution in [1.82, 2.24) is 4.90 Å². The highest BCUT2D eigenvalue weighted by atomic mass is 19.2. The van der Waals surface area contributed by atoms with Gasteiger partial charge in [0.05, 0.1) is 12.7 Å². The summed E-state index contributed by atoms with van der Waals surface area (Å²) >= 11 is 0. The van der Waals surface area contributed by atoms with Crippen molar-refractivity contribution in [3.05, 3.63) is 29.8 Å². The largest absolute Gasteiger partial charge is 0.382 e. The maximum Gasteiger partial charge on any atom is 0.160 e. The van der Waals surface area contributed by atoms with Crippen LogP contribution in [0.2, 0.25) is 0 Å². The standard InChI is InChI=1S/C13H18F2N2O/c1-2-17-5-6-18-11(9-17)8-16-10-3-4-12(14)13(15)7-10/h3-4,7,11,16H,2,5-6,8-9H2,1H3. The highest BCUT2D eigenvalue weighted by molar-refractivity contribution is 5.43. The molecule has 0 aromatic heterocycles. The Balaban J connectivity index is 1.85. The number of rotatable bonds is 4. The van der Waals surface area contributed by atoms with Crippen LogP contribution in [0.15, 0.2) is 18.2 Å². The molecule has 18 heavy (non-hydrogen) atoms. The Morgan fingerprint density at radius 3 is 2.94 bits per heavy atom. The number of nitrogens with zero attached hydrogens (tertiary/aromatic N) is 1. The van der Waals surface area contributed by atoms with Gasteiger partial charge in [0.25, 0.3) is 0 Å². The number of ether oxygens (including phenoxy) is 1. The van der Waals surface area contributed by atoms with Gasteiger partial charge in [-0.2, -0.15) is 0 Å². The number of likely N-dealkylation sites (N-methyl/N-ethyl adjacent to an activating group) is 1. The Kier molecular flexibility index (Phi) is 4.49. The number of halogens is 2. The van der Waals surface area contributed by atoms with Crippen molar-refractivity contribution in [2.24, 2.45) is 0 Å². The molecule has 1 atom stereocenters. The number of hydrogen-bond acceptors (Lipinski definition) is 3. The van der Waals surface area contributed by atoms with Crippen molar-refractivity contribution < 1.29 is 13.5 Å². The molecule has 0 spiro atoms. The number of nitrogens with one attached hydrogen (secondary N) is 1. The molecule has 1 heterocycles. The third-order valence-electron chi connectivity index (χ3n) is 3.12. The van der Waals surface area contributed by atoms with Gasteiger partial charge in [-0.3, -0.25) is 4.90 Å². The van der Waals surface area contributed by atoms with Crippen molar-refractivity contribution in [1.29, 1.82) is 0 Å². The van der Waals surface area contributed by atoms with Crippen LogP contribution in [0.3, 0.4) is 0 Å². The van der Waals surface area contributed by atoms with Gasteiger partial charge in [-0.05, 0) is 18.7 Å². The Morgan fingerprint density at radius 2 is 2.22 bits per heavy atom. The first-order valence-electron chi connectivity index (χ1n) is 6.22. The monoisotopic (exact) mass is 256 g/mol. The molecule has 1 aromatic carbocycles. The third kappa shape index (κ3) is 3.40. The van der Waals surface area contributed by atoms with E-state index in [0.29, 0.717) is 12.2 Å². The van der Waals surface area contributed by atoms with Crippen molar-refractivity contribution in [3.63, 3.8) is 0 Å². The van der Waals surface area contributed by atoms with E-state index in [1.165, 1.54) is 6.07 Å². The molecule has 3 nitrogen and oxygen atoms in total. The lowest BCUT2D eigenvalue weighted by Gasteiger charge is -2.32. The number of morpholine rings is 1.